The standard InChI is InChI=1S/C21H25N3O3.ClH/c1-2-27-19-11-7-6-10-18(19)21(26)24-14-12-23(13-15-24)20(25)16-22-17-8-4-3-5-9-17;/h3-11,22H,2,12-16H2,1H3;1H. The van der Waals surface area contributed by atoms with Gasteiger partial charge in [0.25, 0.3) is 5.91 Å². The zero-order valence-corrected chi connectivity index (χ0v) is 16.8. The zero-order valence-electron chi connectivity index (χ0n) is 16.0. The number of piperazine rings is 1. The van der Waals surface area contributed by atoms with Crippen LogP contribution in [0.25, 0.3) is 0 Å². The van der Waals surface area contributed by atoms with Crippen LogP contribution < -0.4 is 10.1 Å². The molecule has 0 atom stereocenters. The van der Waals surface area contributed by atoms with Gasteiger partial charge in [-0.25, -0.2) is 0 Å². The number of ether oxygens (including phenoxy) is 1. The van der Waals surface area contributed by atoms with Crippen LogP contribution in [0.3, 0.4) is 0 Å². The van der Waals surface area contributed by atoms with Gasteiger partial charge in [-0.3, -0.25) is 9.59 Å². The number of rotatable bonds is 6. The second kappa shape index (κ2) is 10.6. The first kappa shape index (κ1) is 21.6. The second-order valence-electron chi connectivity index (χ2n) is 6.32. The highest BCUT2D eigenvalue weighted by Crippen LogP contribution is 2.20. The Balaban J connectivity index is 0.00000280. The lowest BCUT2D eigenvalue weighted by molar-refractivity contribution is -0.130. The number of para-hydroxylation sites is 2. The summed E-state index contributed by atoms with van der Waals surface area (Å²) in [4.78, 5) is 28.8. The van der Waals surface area contributed by atoms with Gasteiger partial charge in [-0.05, 0) is 31.2 Å². The normalized spacial score (nSPS) is 13.5. The van der Waals surface area contributed by atoms with Crippen molar-refractivity contribution < 1.29 is 14.3 Å². The number of anilines is 1. The molecule has 0 bridgehead atoms. The summed E-state index contributed by atoms with van der Waals surface area (Å²) in [6.07, 6.45) is 0. The molecule has 0 unspecified atom stereocenters. The van der Waals surface area contributed by atoms with Crippen molar-refractivity contribution >= 4 is 29.9 Å². The van der Waals surface area contributed by atoms with Crippen molar-refractivity contribution in [3.8, 4) is 5.75 Å². The summed E-state index contributed by atoms with van der Waals surface area (Å²) < 4.78 is 5.56. The Labute approximate surface area is 171 Å². The van der Waals surface area contributed by atoms with Crippen LogP contribution in [-0.2, 0) is 4.79 Å². The molecule has 0 saturated carbocycles. The summed E-state index contributed by atoms with van der Waals surface area (Å²) in [6.45, 7) is 4.80. The number of nitrogens with zero attached hydrogens (tertiary/aromatic N) is 2. The summed E-state index contributed by atoms with van der Waals surface area (Å²) in [5.74, 6) is 0.602. The molecule has 1 aliphatic heterocycles. The molecule has 0 aliphatic carbocycles. The maximum absolute atomic E-state index is 12.8. The van der Waals surface area contributed by atoms with Crippen LogP contribution in [0.15, 0.2) is 54.6 Å². The van der Waals surface area contributed by atoms with Crippen LogP contribution in [-0.4, -0.2) is 60.9 Å². The van der Waals surface area contributed by atoms with Gasteiger partial charge in [-0.2, -0.15) is 0 Å². The predicted octanol–water partition coefficient (Wildman–Crippen LogP) is 2.90. The fourth-order valence-electron chi connectivity index (χ4n) is 3.10. The Morgan fingerprint density at radius 3 is 2.21 bits per heavy atom. The first-order valence-electron chi connectivity index (χ1n) is 9.27. The molecule has 28 heavy (non-hydrogen) atoms. The molecule has 150 valence electrons. The molecule has 0 spiro atoms. The molecule has 6 nitrogen and oxygen atoms in total. The number of amides is 2. The molecular formula is C21H26ClN3O3. The molecule has 0 aromatic heterocycles. The van der Waals surface area contributed by atoms with Crippen molar-refractivity contribution in [2.45, 2.75) is 6.92 Å². The van der Waals surface area contributed by atoms with E-state index in [2.05, 4.69) is 5.32 Å². The van der Waals surface area contributed by atoms with Gasteiger partial charge >= 0.3 is 0 Å². The van der Waals surface area contributed by atoms with E-state index in [1.807, 2.05) is 55.5 Å². The molecule has 7 heteroatoms. The molecule has 2 amide bonds. The number of carbonyl (C=O) groups excluding carboxylic acids is 2. The second-order valence-corrected chi connectivity index (χ2v) is 6.32. The van der Waals surface area contributed by atoms with Gasteiger partial charge < -0.3 is 19.9 Å². The minimum Gasteiger partial charge on any atom is -0.493 e. The van der Waals surface area contributed by atoms with Crippen LogP contribution in [0.5, 0.6) is 5.75 Å². The minimum absolute atomic E-state index is 0. The van der Waals surface area contributed by atoms with Crippen LogP contribution >= 0.6 is 12.4 Å². The van der Waals surface area contributed by atoms with Crippen LogP contribution in [0, 0.1) is 0 Å². The Bertz CT molecular complexity index is 777. The molecule has 0 radical (unpaired) electrons. The molecule has 3 rings (SSSR count). The third kappa shape index (κ3) is 5.39. The SMILES string of the molecule is CCOc1ccccc1C(=O)N1CCN(C(=O)CNc2ccccc2)CC1.Cl. The van der Waals surface area contributed by atoms with E-state index in [1.165, 1.54) is 0 Å². The van der Waals surface area contributed by atoms with Gasteiger partial charge in [0.1, 0.15) is 5.75 Å². The van der Waals surface area contributed by atoms with E-state index in [9.17, 15) is 9.59 Å². The Hall–Kier alpha value is -2.73. The maximum Gasteiger partial charge on any atom is 0.257 e. The number of nitrogens with one attached hydrogen (secondary N) is 1. The highest BCUT2D eigenvalue weighted by Gasteiger charge is 2.26. The molecular weight excluding hydrogens is 378 g/mol. The predicted molar refractivity (Wildman–Crippen MR) is 112 cm³/mol. The number of hydrogen-bond donors (Lipinski definition) is 1. The molecule has 1 heterocycles. The number of hydrogen-bond acceptors (Lipinski definition) is 4. The molecule has 2 aromatic rings. The van der Waals surface area contributed by atoms with Crippen LogP contribution in [0.2, 0.25) is 0 Å². The van der Waals surface area contributed by atoms with Crippen molar-refractivity contribution in [1.82, 2.24) is 9.80 Å². The fourth-order valence-corrected chi connectivity index (χ4v) is 3.10. The number of halogens is 1. The van der Waals surface area contributed by atoms with Crippen molar-refractivity contribution in [3.63, 3.8) is 0 Å². The molecule has 1 fully saturated rings. The summed E-state index contributed by atoms with van der Waals surface area (Å²) >= 11 is 0. The van der Waals surface area contributed by atoms with Crippen LogP contribution in [0.4, 0.5) is 5.69 Å². The van der Waals surface area contributed by atoms with E-state index in [4.69, 9.17) is 4.74 Å². The van der Waals surface area contributed by atoms with E-state index < -0.39 is 0 Å². The largest absolute Gasteiger partial charge is 0.493 e. The van der Waals surface area contributed by atoms with Crippen molar-refractivity contribution in [3.05, 3.63) is 60.2 Å². The van der Waals surface area contributed by atoms with E-state index in [-0.39, 0.29) is 30.8 Å². The highest BCUT2D eigenvalue weighted by molar-refractivity contribution is 5.97. The van der Waals surface area contributed by atoms with E-state index in [1.54, 1.807) is 15.9 Å². The van der Waals surface area contributed by atoms with Gasteiger partial charge in [-0.15, -0.1) is 12.4 Å². The van der Waals surface area contributed by atoms with Crippen molar-refractivity contribution in [2.75, 3.05) is 44.6 Å². The molecule has 2 aromatic carbocycles. The Morgan fingerprint density at radius 2 is 1.54 bits per heavy atom. The monoisotopic (exact) mass is 403 g/mol. The number of carbonyl (C=O) groups is 2. The third-order valence-corrected chi connectivity index (χ3v) is 4.55. The lowest BCUT2D eigenvalue weighted by atomic mass is 10.1. The topological polar surface area (TPSA) is 61.9 Å². The third-order valence-electron chi connectivity index (χ3n) is 4.55. The summed E-state index contributed by atoms with van der Waals surface area (Å²) in [5, 5.41) is 3.13. The summed E-state index contributed by atoms with van der Waals surface area (Å²) in [5.41, 5.74) is 1.50. The van der Waals surface area contributed by atoms with Gasteiger partial charge in [0.15, 0.2) is 0 Å². The zero-order chi connectivity index (χ0) is 19.1. The number of benzene rings is 2. The van der Waals surface area contributed by atoms with E-state index in [0.717, 1.165) is 5.69 Å². The lowest BCUT2D eigenvalue weighted by Gasteiger charge is -2.35. The van der Waals surface area contributed by atoms with Gasteiger partial charge in [0.2, 0.25) is 5.91 Å². The van der Waals surface area contributed by atoms with Gasteiger partial charge in [0.05, 0.1) is 18.7 Å². The van der Waals surface area contributed by atoms with Gasteiger partial charge in [0, 0.05) is 31.9 Å². The summed E-state index contributed by atoms with van der Waals surface area (Å²) in [6, 6.07) is 16.9. The molecule has 1 saturated heterocycles. The summed E-state index contributed by atoms with van der Waals surface area (Å²) in [7, 11) is 0. The van der Waals surface area contributed by atoms with Crippen molar-refractivity contribution in [2.24, 2.45) is 0 Å². The molecule has 1 N–H and O–H groups in total. The van der Waals surface area contributed by atoms with Crippen molar-refractivity contribution in [1.29, 1.82) is 0 Å². The molecule has 1 aliphatic rings. The van der Waals surface area contributed by atoms with E-state index >= 15 is 0 Å². The van der Waals surface area contributed by atoms with Gasteiger partial charge in [-0.1, -0.05) is 30.3 Å². The lowest BCUT2D eigenvalue weighted by Crippen LogP contribution is -2.51. The first-order chi connectivity index (χ1) is 13.2. The van der Waals surface area contributed by atoms with E-state index in [0.29, 0.717) is 44.1 Å². The highest BCUT2D eigenvalue weighted by atomic mass is 35.5. The smallest absolute Gasteiger partial charge is 0.257 e. The quantitative estimate of drug-likeness (QED) is 0.805. The van der Waals surface area contributed by atoms with Crippen LogP contribution in [0.1, 0.15) is 17.3 Å². The Kier molecular flexibility index (Phi) is 8.14. The first-order valence-corrected chi connectivity index (χ1v) is 9.27. The average Bonchev–Trinajstić information content (AvgIpc) is 2.73. The fraction of sp³-hybridized carbons (Fsp3) is 0.333. The average molecular weight is 404 g/mol. The maximum atomic E-state index is 12.8. The Morgan fingerprint density at radius 1 is 0.929 bits per heavy atom. The minimum atomic E-state index is -0.0476.